The number of carbonyl (C=O) groups excluding carboxylic acids is 1. The van der Waals surface area contributed by atoms with E-state index in [2.05, 4.69) is 15.2 Å². The van der Waals surface area contributed by atoms with Gasteiger partial charge in [-0.2, -0.15) is 5.10 Å². The number of rotatable bonds is 4. The molecule has 1 aromatic carbocycles. The van der Waals surface area contributed by atoms with Crippen LogP contribution in [0, 0.1) is 6.92 Å². The lowest BCUT2D eigenvalue weighted by Crippen LogP contribution is -2.56. The van der Waals surface area contributed by atoms with Crippen molar-refractivity contribution in [2.24, 2.45) is 0 Å². The molecule has 1 saturated heterocycles. The average molecular weight is 378 g/mol. The van der Waals surface area contributed by atoms with Crippen molar-refractivity contribution in [1.29, 1.82) is 0 Å². The lowest BCUT2D eigenvalue weighted by molar-refractivity contribution is 0.0155. The van der Waals surface area contributed by atoms with Gasteiger partial charge in [0.25, 0.3) is 5.91 Å². The molecule has 0 aliphatic carbocycles. The van der Waals surface area contributed by atoms with Crippen LogP contribution in [-0.4, -0.2) is 52.0 Å². The van der Waals surface area contributed by atoms with Crippen molar-refractivity contribution in [3.8, 4) is 28.6 Å². The van der Waals surface area contributed by atoms with Crippen molar-refractivity contribution >= 4 is 5.91 Å². The normalized spacial score (nSPS) is 15.4. The van der Waals surface area contributed by atoms with Crippen LogP contribution in [0.25, 0.3) is 11.3 Å². The first-order valence-corrected chi connectivity index (χ1v) is 9.01. The number of likely N-dealkylation sites (tertiary alicyclic amines) is 1. The summed E-state index contributed by atoms with van der Waals surface area (Å²) in [6, 6.07) is 13.0. The summed E-state index contributed by atoms with van der Waals surface area (Å²) in [4.78, 5) is 18.7. The first-order chi connectivity index (χ1) is 13.7. The summed E-state index contributed by atoms with van der Waals surface area (Å²) in [7, 11) is 0. The van der Waals surface area contributed by atoms with Gasteiger partial charge in [0.15, 0.2) is 11.5 Å². The Morgan fingerprint density at radius 1 is 1.18 bits per heavy atom. The van der Waals surface area contributed by atoms with Gasteiger partial charge < -0.3 is 19.1 Å². The van der Waals surface area contributed by atoms with Crippen molar-refractivity contribution < 1.29 is 19.0 Å². The van der Waals surface area contributed by atoms with Crippen molar-refractivity contribution in [2.45, 2.75) is 13.0 Å². The molecule has 8 nitrogen and oxygen atoms in total. The number of hydrogen-bond acceptors (Lipinski definition) is 6. The number of pyridine rings is 1. The van der Waals surface area contributed by atoms with Gasteiger partial charge in [-0.1, -0.05) is 6.07 Å². The molecule has 142 valence electrons. The fourth-order valence-corrected chi connectivity index (χ4v) is 3.24. The standard InChI is InChI=1S/C20H18N4O4/c1-12-3-2-4-19(21-12)28-14-9-24(10-14)20(25)16-8-15(22-23-16)13-5-6-17-18(7-13)27-11-26-17/h2-8,14H,9-11H2,1H3,(H,22,23). The average Bonchev–Trinajstić information content (AvgIpc) is 3.32. The second kappa shape index (κ2) is 6.56. The monoisotopic (exact) mass is 378 g/mol. The minimum Gasteiger partial charge on any atom is -0.471 e. The molecule has 0 saturated carbocycles. The number of fused-ring (bicyclic) bond motifs is 1. The van der Waals surface area contributed by atoms with Crippen LogP contribution in [0.5, 0.6) is 17.4 Å². The van der Waals surface area contributed by atoms with E-state index in [1.54, 1.807) is 11.0 Å². The van der Waals surface area contributed by atoms with E-state index in [4.69, 9.17) is 14.2 Å². The summed E-state index contributed by atoms with van der Waals surface area (Å²) < 4.78 is 16.5. The predicted octanol–water partition coefficient (Wildman–Crippen LogP) is 2.41. The van der Waals surface area contributed by atoms with E-state index in [0.717, 1.165) is 11.3 Å². The Kier molecular flexibility index (Phi) is 3.89. The van der Waals surface area contributed by atoms with Gasteiger partial charge in [-0.3, -0.25) is 9.89 Å². The first kappa shape index (κ1) is 16.6. The van der Waals surface area contributed by atoms with Gasteiger partial charge in [0, 0.05) is 17.3 Å². The number of hydrogen-bond donors (Lipinski definition) is 1. The van der Waals surface area contributed by atoms with E-state index in [0.29, 0.717) is 41.9 Å². The fourth-order valence-electron chi connectivity index (χ4n) is 3.24. The molecule has 2 aliphatic rings. The van der Waals surface area contributed by atoms with Gasteiger partial charge >= 0.3 is 0 Å². The van der Waals surface area contributed by atoms with Crippen LogP contribution in [0.15, 0.2) is 42.5 Å². The Bertz CT molecular complexity index is 1040. The van der Waals surface area contributed by atoms with Crippen LogP contribution in [-0.2, 0) is 0 Å². The molecule has 0 bridgehead atoms. The second-order valence-corrected chi connectivity index (χ2v) is 6.80. The SMILES string of the molecule is Cc1cccc(OC2CN(C(=O)c3cc(-c4ccc5c(c4)OCO5)n[nH]3)C2)n1. The molecular weight excluding hydrogens is 360 g/mol. The van der Waals surface area contributed by atoms with E-state index in [1.165, 1.54) is 0 Å². The van der Waals surface area contributed by atoms with E-state index >= 15 is 0 Å². The summed E-state index contributed by atoms with van der Waals surface area (Å²) in [5.74, 6) is 1.88. The van der Waals surface area contributed by atoms with Crippen molar-refractivity contribution in [2.75, 3.05) is 19.9 Å². The number of amides is 1. The maximum atomic E-state index is 12.6. The molecule has 0 radical (unpaired) electrons. The molecule has 5 rings (SSSR count). The minimum absolute atomic E-state index is 0.0468. The van der Waals surface area contributed by atoms with Crippen molar-refractivity contribution in [3.63, 3.8) is 0 Å². The van der Waals surface area contributed by atoms with E-state index in [9.17, 15) is 4.79 Å². The van der Waals surface area contributed by atoms with E-state index in [-0.39, 0.29) is 18.8 Å². The quantitative estimate of drug-likeness (QED) is 0.750. The number of nitrogens with zero attached hydrogens (tertiary/aromatic N) is 3. The molecule has 4 heterocycles. The zero-order valence-corrected chi connectivity index (χ0v) is 15.2. The number of nitrogens with one attached hydrogen (secondary N) is 1. The Hall–Kier alpha value is -3.55. The number of carbonyl (C=O) groups is 1. The van der Waals surface area contributed by atoms with E-state index < -0.39 is 0 Å². The zero-order valence-electron chi connectivity index (χ0n) is 15.2. The lowest BCUT2D eigenvalue weighted by atomic mass is 10.1. The molecule has 1 amide bonds. The summed E-state index contributed by atoms with van der Waals surface area (Å²) in [6.07, 6.45) is -0.0468. The molecule has 2 aromatic heterocycles. The third kappa shape index (κ3) is 3.02. The maximum Gasteiger partial charge on any atom is 0.272 e. The largest absolute Gasteiger partial charge is 0.471 e. The number of ether oxygens (including phenoxy) is 3. The van der Waals surface area contributed by atoms with Crippen LogP contribution in [0.1, 0.15) is 16.2 Å². The van der Waals surface area contributed by atoms with Crippen LogP contribution in [0.3, 0.4) is 0 Å². The smallest absolute Gasteiger partial charge is 0.272 e. The summed E-state index contributed by atoms with van der Waals surface area (Å²) in [6.45, 7) is 3.18. The Morgan fingerprint density at radius 3 is 2.89 bits per heavy atom. The molecule has 0 unspecified atom stereocenters. The fraction of sp³-hybridized carbons (Fsp3) is 0.250. The zero-order chi connectivity index (χ0) is 19.1. The Morgan fingerprint density at radius 2 is 2.04 bits per heavy atom. The summed E-state index contributed by atoms with van der Waals surface area (Å²) in [5.41, 5.74) is 2.88. The highest BCUT2D eigenvalue weighted by molar-refractivity contribution is 5.94. The molecule has 28 heavy (non-hydrogen) atoms. The second-order valence-electron chi connectivity index (χ2n) is 6.80. The number of aryl methyl sites for hydroxylation is 1. The molecule has 2 aliphatic heterocycles. The Balaban J connectivity index is 1.23. The minimum atomic E-state index is -0.100. The first-order valence-electron chi connectivity index (χ1n) is 9.01. The molecule has 0 spiro atoms. The lowest BCUT2D eigenvalue weighted by Gasteiger charge is -2.38. The van der Waals surface area contributed by atoms with E-state index in [1.807, 2.05) is 43.3 Å². The van der Waals surface area contributed by atoms with Gasteiger partial charge in [0.05, 0.1) is 18.8 Å². The highest BCUT2D eigenvalue weighted by Crippen LogP contribution is 2.35. The summed E-state index contributed by atoms with van der Waals surface area (Å²) >= 11 is 0. The maximum absolute atomic E-state index is 12.6. The molecule has 8 heteroatoms. The van der Waals surface area contributed by atoms with Gasteiger partial charge in [0.1, 0.15) is 11.8 Å². The predicted molar refractivity (Wildman–Crippen MR) is 99.4 cm³/mol. The number of benzene rings is 1. The highest BCUT2D eigenvalue weighted by atomic mass is 16.7. The number of H-pyrrole nitrogens is 1. The van der Waals surface area contributed by atoms with Gasteiger partial charge in [0.2, 0.25) is 12.7 Å². The topological polar surface area (TPSA) is 89.6 Å². The van der Waals surface area contributed by atoms with Gasteiger partial charge in [-0.05, 0) is 37.3 Å². The van der Waals surface area contributed by atoms with Crippen LogP contribution in [0.4, 0.5) is 0 Å². The third-order valence-corrected chi connectivity index (χ3v) is 4.76. The van der Waals surface area contributed by atoms with Crippen LogP contribution < -0.4 is 14.2 Å². The Labute approximate surface area is 161 Å². The summed E-state index contributed by atoms with van der Waals surface area (Å²) in [5, 5.41) is 7.09. The number of aromatic nitrogens is 3. The third-order valence-electron chi connectivity index (χ3n) is 4.76. The van der Waals surface area contributed by atoms with Crippen LogP contribution in [0.2, 0.25) is 0 Å². The molecule has 1 N–H and O–H groups in total. The molecule has 0 atom stereocenters. The number of aromatic amines is 1. The van der Waals surface area contributed by atoms with Crippen molar-refractivity contribution in [1.82, 2.24) is 20.1 Å². The molecule has 3 aromatic rings. The molecule has 1 fully saturated rings. The molecular formula is C20H18N4O4. The highest BCUT2D eigenvalue weighted by Gasteiger charge is 2.34. The van der Waals surface area contributed by atoms with Gasteiger partial charge in [-0.15, -0.1) is 0 Å². The van der Waals surface area contributed by atoms with Gasteiger partial charge in [-0.25, -0.2) is 4.98 Å². The van der Waals surface area contributed by atoms with Crippen LogP contribution >= 0.6 is 0 Å². The van der Waals surface area contributed by atoms with Crippen molar-refractivity contribution in [3.05, 3.63) is 53.9 Å².